The fourth-order valence-corrected chi connectivity index (χ4v) is 2.83. The van der Waals surface area contributed by atoms with Gasteiger partial charge in [0.1, 0.15) is 11.6 Å². The minimum Gasteiger partial charge on any atom is -0.497 e. The first-order valence-electron chi connectivity index (χ1n) is 7.85. The van der Waals surface area contributed by atoms with E-state index in [4.69, 9.17) is 4.74 Å². The number of aromatic nitrogens is 3. The molecule has 3 aromatic rings. The summed E-state index contributed by atoms with van der Waals surface area (Å²) in [6.07, 6.45) is 0. The summed E-state index contributed by atoms with van der Waals surface area (Å²) in [5.74, 6) is 0.970. The molecule has 134 valence electrons. The molecule has 26 heavy (non-hydrogen) atoms. The Morgan fingerprint density at radius 2 is 2.00 bits per heavy atom. The van der Waals surface area contributed by atoms with Gasteiger partial charge in [-0.2, -0.15) is 0 Å². The Kier molecular flexibility index (Phi) is 5.85. The minimum atomic E-state index is -0.335. The molecule has 0 aliphatic carbocycles. The van der Waals surface area contributed by atoms with Crippen molar-refractivity contribution in [3.63, 3.8) is 0 Å². The molecule has 1 heterocycles. The Hall–Kier alpha value is -2.87. The average molecular weight is 372 g/mol. The van der Waals surface area contributed by atoms with Gasteiger partial charge in [0.15, 0.2) is 5.82 Å². The highest BCUT2D eigenvalue weighted by molar-refractivity contribution is 7.99. The van der Waals surface area contributed by atoms with Crippen LogP contribution in [-0.4, -0.2) is 34.0 Å². The molecule has 0 saturated heterocycles. The van der Waals surface area contributed by atoms with Crippen LogP contribution in [0.5, 0.6) is 5.75 Å². The Labute approximate surface area is 154 Å². The van der Waals surface area contributed by atoms with Crippen molar-refractivity contribution >= 4 is 17.7 Å². The number of carbonyl (C=O) groups excluding carboxylic acids is 1. The number of amides is 1. The highest BCUT2D eigenvalue weighted by Gasteiger charge is 2.10. The molecule has 2 aromatic carbocycles. The van der Waals surface area contributed by atoms with Gasteiger partial charge in [0.25, 0.3) is 0 Å². The standard InChI is InChI=1S/C18H17FN4O2S/c1-25-14-8-6-12(7-9-14)17-21-18(23-22-17)26-11-16(24)20-10-13-4-2-3-5-15(13)19/h2-9H,10-11H2,1H3,(H,20,24)(H,21,22,23). The second-order valence-electron chi connectivity index (χ2n) is 5.35. The molecule has 3 rings (SSSR count). The molecule has 0 aliphatic rings. The molecular formula is C18H17FN4O2S. The number of benzene rings is 2. The number of hydrogen-bond donors (Lipinski definition) is 2. The second-order valence-corrected chi connectivity index (χ2v) is 6.29. The van der Waals surface area contributed by atoms with Gasteiger partial charge in [-0.15, -0.1) is 5.10 Å². The van der Waals surface area contributed by atoms with Crippen molar-refractivity contribution in [2.75, 3.05) is 12.9 Å². The summed E-state index contributed by atoms with van der Waals surface area (Å²) in [7, 11) is 1.61. The first-order chi connectivity index (χ1) is 12.7. The van der Waals surface area contributed by atoms with Crippen molar-refractivity contribution in [1.82, 2.24) is 20.5 Å². The third-order valence-corrected chi connectivity index (χ3v) is 4.44. The number of ether oxygens (including phenoxy) is 1. The number of aromatic amines is 1. The SMILES string of the molecule is COc1ccc(-c2nc(SCC(=O)NCc3ccccc3F)n[nH]2)cc1. The Morgan fingerprint density at radius 1 is 1.23 bits per heavy atom. The maximum absolute atomic E-state index is 13.5. The number of H-pyrrole nitrogens is 1. The van der Waals surface area contributed by atoms with Crippen LogP contribution in [0.2, 0.25) is 0 Å². The van der Waals surface area contributed by atoms with Gasteiger partial charge in [0, 0.05) is 17.7 Å². The van der Waals surface area contributed by atoms with Gasteiger partial charge in [0.05, 0.1) is 12.9 Å². The van der Waals surface area contributed by atoms with E-state index in [2.05, 4.69) is 20.5 Å². The molecular weight excluding hydrogens is 355 g/mol. The Balaban J connectivity index is 1.51. The summed E-state index contributed by atoms with van der Waals surface area (Å²) in [5.41, 5.74) is 1.32. The van der Waals surface area contributed by atoms with E-state index in [1.807, 2.05) is 24.3 Å². The molecule has 0 atom stereocenters. The predicted molar refractivity (Wildman–Crippen MR) is 97.3 cm³/mol. The predicted octanol–water partition coefficient (Wildman–Crippen LogP) is 3.03. The molecule has 0 saturated carbocycles. The van der Waals surface area contributed by atoms with Crippen LogP contribution < -0.4 is 10.1 Å². The molecule has 0 spiro atoms. The van der Waals surface area contributed by atoms with Gasteiger partial charge < -0.3 is 10.1 Å². The Morgan fingerprint density at radius 3 is 2.73 bits per heavy atom. The fraction of sp³-hybridized carbons (Fsp3) is 0.167. The van der Waals surface area contributed by atoms with Crippen LogP contribution >= 0.6 is 11.8 Å². The van der Waals surface area contributed by atoms with E-state index >= 15 is 0 Å². The van der Waals surface area contributed by atoms with Gasteiger partial charge in [-0.3, -0.25) is 9.89 Å². The van der Waals surface area contributed by atoms with Crippen LogP contribution in [0.15, 0.2) is 53.7 Å². The fourth-order valence-electron chi connectivity index (χ4n) is 2.21. The van der Waals surface area contributed by atoms with E-state index < -0.39 is 0 Å². The van der Waals surface area contributed by atoms with Crippen LogP contribution in [0.3, 0.4) is 0 Å². The zero-order valence-electron chi connectivity index (χ0n) is 14.0. The number of halogens is 1. The van der Waals surface area contributed by atoms with Crippen LogP contribution in [0, 0.1) is 5.82 Å². The third-order valence-electron chi connectivity index (χ3n) is 3.59. The summed E-state index contributed by atoms with van der Waals surface area (Å²) >= 11 is 1.21. The molecule has 0 aliphatic heterocycles. The largest absolute Gasteiger partial charge is 0.497 e. The summed E-state index contributed by atoms with van der Waals surface area (Å²) in [6, 6.07) is 13.8. The molecule has 1 amide bonds. The van der Waals surface area contributed by atoms with Crippen molar-refractivity contribution in [3.8, 4) is 17.1 Å². The van der Waals surface area contributed by atoms with Crippen molar-refractivity contribution in [3.05, 3.63) is 59.9 Å². The zero-order chi connectivity index (χ0) is 18.4. The van der Waals surface area contributed by atoms with E-state index in [0.29, 0.717) is 16.5 Å². The summed E-state index contributed by atoms with van der Waals surface area (Å²) in [5, 5.41) is 10.1. The molecule has 0 fully saturated rings. The maximum atomic E-state index is 13.5. The highest BCUT2D eigenvalue weighted by Crippen LogP contribution is 2.21. The van der Waals surface area contributed by atoms with Crippen molar-refractivity contribution < 1.29 is 13.9 Å². The number of carbonyl (C=O) groups is 1. The first kappa shape index (κ1) is 17.9. The topological polar surface area (TPSA) is 79.9 Å². The van der Waals surface area contributed by atoms with Gasteiger partial charge in [-0.25, -0.2) is 9.37 Å². The molecule has 6 nitrogen and oxygen atoms in total. The lowest BCUT2D eigenvalue weighted by Crippen LogP contribution is -2.25. The van der Waals surface area contributed by atoms with Gasteiger partial charge >= 0.3 is 0 Å². The lowest BCUT2D eigenvalue weighted by molar-refractivity contribution is -0.118. The number of methoxy groups -OCH3 is 1. The third kappa shape index (κ3) is 4.60. The highest BCUT2D eigenvalue weighted by atomic mass is 32.2. The molecule has 0 radical (unpaired) electrons. The smallest absolute Gasteiger partial charge is 0.230 e. The summed E-state index contributed by atoms with van der Waals surface area (Å²) in [6.45, 7) is 0.150. The molecule has 1 aromatic heterocycles. The molecule has 8 heteroatoms. The number of thioether (sulfide) groups is 1. The van der Waals surface area contributed by atoms with E-state index in [1.54, 1.807) is 25.3 Å². The van der Waals surface area contributed by atoms with Crippen LogP contribution in [0.1, 0.15) is 5.56 Å². The van der Waals surface area contributed by atoms with Gasteiger partial charge in [-0.05, 0) is 30.3 Å². The van der Waals surface area contributed by atoms with E-state index in [1.165, 1.54) is 17.8 Å². The van der Waals surface area contributed by atoms with Crippen molar-refractivity contribution in [2.24, 2.45) is 0 Å². The first-order valence-corrected chi connectivity index (χ1v) is 8.84. The maximum Gasteiger partial charge on any atom is 0.230 e. The van der Waals surface area contributed by atoms with Gasteiger partial charge in [-0.1, -0.05) is 30.0 Å². The molecule has 0 bridgehead atoms. The van der Waals surface area contributed by atoms with Crippen molar-refractivity contribution in [2.45, 2.75) is 11.7 Å². The lowest BCUT2D eigenvalue weighted by Gasteiger charge is -2.05. The van der Waals surface area contributed by atoms with E-state index in [-0.39, 0.29) is 24.0 Å². The van der Waals surface area contributed by atoms with Crippen molar-refractivity contribution in [1.29, 1.82) is 0 Å². The second kappa shape index (κ2) is 8.48. The molecule has 2 N–H and O–H groups in total. The number of hydrogen-bond acceptors (Lipinski definition) is 5. The Bertz CT molecular complexity index is 883. The zero-order valence-corrected chi connectivity index (χ0v) is 14.8. The normalized spacial score (nSPS) is 10.5. The number of nitrogens with zero attached hydrogens (tertiary/aromatic N) is 2. The van der Waals surface area contributed by atoms with Crippen LogP contribution in [-0.2, 0) is 11.3 Å². The monoisotopic (exact) mass is 372 g/mol. The molecule has 0 unspecified atom stereocenters. The van der Waals surface area contributed by atoms with Gasteiger partial charge in [0.2, 0.25) is 11.1 Å². The number of nitrogens with one attached hydrogen (secondary N) is 2. The average Bonchev–Trinajstić information content (AvgIpc) is 3.15. The van der Waals surface area contributed by atoms with Crippen LogP contribution in [0.4, 0.5) is 4.39 Å². The number of rotatable bonds is 7. The summed E-state index contributed by atoms with van der Waals surface area (Å²) < 4.78 is 18.6. The van der Waals surface area contributed by atoms with Crippen LogP contribution in [0.25, 0.3) is 11.4 Å². The minimum absolute atomic E-state index is 0.147. The van der Waals surface area contributed by atoms with E-state index in [9.17, 15) is 9.18 Å². The van der Waals surface area contributed by atoms with E-state index in [0.717, 1.165) is 11.3 Å². The summed E-state index contributed by atoms with van der Waals surface area (Å²) in [4.78, 5) is 16.3. The quantitative estimate of drug-likeness (QED) is 0.623. The lowest BCUT2D eigenvalue weighted by atomic mass is 10.2.